The van der Waals surface area contributed by atoms with Gasteiger partial charge in [-0.3, -0.25) is 15.0 Å². The average molecular weight is 344 g/mol. The molecular weight excluding hydrogens is 334 g/mol. The van der Waals surface area contributed by atoms with Gasteiger partial charge >= 0.3 is 6.61 Å². The number of nitrogens with one attached hydrogen (secondary N) is 1. The lowest BCUT2D eigenvalue weighted by Gasteiger charge is -2.13. The van der Waals surface area contributed by atoms with E-state index in [2.05, 4.69) is 10.2 Å². The van der Waals surface area contributed by atoms with Crippen molar-refractivity contribution in [1.29, 1.82) is 0 Å². The second-order valence-electron chi connectivity index (χ2n) is 4.13. The lowest BCUT2D eigenvalue weighted by molar-refractivity contribution is -0.131. The first kappa shape index (κ1) is 16.4. The molecule has 0 aliphatic carbocycles. The zero-order chi connectivity index (χ0) is 16.3. The molecule has 0 radical (unpaired) electrons. The van der Waals surface area contributed by atoms with Crippen LogP contribution in [0.15, 0.2) is 29.2 Å². The number of amides is 2. The standard InChI is InChI=1S/C13H10F2N2O3S2/c1-7(18)16-17-11(19)10(22-13(17)21)6-8-2-4-9(5-3-8)20-12(14)15/h2-6,12H,1H3,(H,16,18)/b10-6-. The summed E-state index contributed by atoms with van der Waals surface area (Å²) in [5.74, 6) is -0.831. The lowest BCUT2D eigenvalue weighted by atomic mass is 10.2. The molecule has 0 aromatic heterocycles. The van der Waals surface area contributed by atoms with Crippen molar-refractivity contribution in [2.45, 2.75) is 13.5 Å². The Morgan fingerprint density at radius 2 is 2.05 bits per heavy atom. The molecule has 0 saturated carbocycles. The molecule has 116 valence electrons. The number of hydrogen-bond acceptors (Lipinski definition) is 5. The molecule has 1 aliphatic rings. The van der Waals surface area contributed by atoms with E-state index in [4.69, 9.17) is 12.2 Å². The zero-order valence-electron chi connectivity index (χ0n) is 11.2. The molecule has 0 unspecified atom stereocenters. The maximum Gasteiger partial charge on any atom is 0.387 e. The molecule has 0 bridgehead atoms. The van der Waals surface area contributed by atoms with Crippen molar-refractivity contribution >= 4 is 46.2 Å². The Hall–Kier alpha value is -2.00. The average Bonchev–Trinajstić information content (AvgIpc) is 2.68. The Morgan fingerprint density at radius 3 is 2.59 bits per heavy atom. The first-order valence-corrected chi connectivity index (χ1v) is 7.19. The van der Waals surface area contributed by atoms with Crippen LogP contribution in [0.5, 0.6) is 5.75 Å². The van der Waals surface area contributed by atoms with Gasteiger partial charge in [0.15, 0.2) is 4.32 Å². The predicted octanol–water partition coefficient (Wildman–Crippen LogP) is 2.54. The van der Waals surface area contributed by atoms with Gasteiger partial charge in [-0.25, -0.2) is 0 Å². The maximum atomic E-state index is 12.1. The number of ether oxygens (including phenoxy) is 1. The maximum absolute atomic E-state index is 12.1. The van der Waals surface area contributed by atoms with Crippen molar-refractivity contribution in [3.05, 3.63) is 34.7 Å². The van der Waals surface area contributed by atoms with E-state index in [1.165, 1.54) is 31.2 Å². The van der Waals surface area contributed by atoms with Gasteiger partial charge in [-0.15, -0.1) is 0 Å². The molecule has 22 heavy (non-hydrogen) atoms. The van der Waals surface area contributed by atoms with Gasteiger partial charge in [0.05, 0.1) is 4.91 Å². The van der Waals surface area contributed by atoms with Crippen LogP contribution in [-0.4, -0.2) is 27.8 Å². The summed E-state index contributed by atoms with van der Waals surface area (Å²) >= 11 is 6.04. The first-order valence-electron chi connectivity index (χ1n) is 5.97. The zero-order valence-corrected chi connectivity index (χ0v) is 12.8. The number of thioether (sulfide) groups is 1. The highest BCUT2D eigenvalue weighted by molar-refractivity contribution is 8.26. The minimum absolute atomic E-state index is 0.0259. The van der Waals surface area contributed by atoms with Gasteiger partial charge in [-0.1, -0.05) is 23.9 Å². The third-order valence-electron chi connectivity index (χ3n) is 2.47. The largest absolute Gasteiger partial charge is 0.435 e. The summed E-state index contributed by atoms with van der Waals surface area (Å²) < 4.78 is 28.6. The van der Waals surface area contributed by atoms with E-state index in [9.17, 15) is 18.4 Å². The Kier molecular flexibility index (Phi) is 5.09. The van der Waals surface area contributed by atoms with Crippen molar-refractivity contribution in [3.8, 4) is 5.75 Å². The summed E-state index contributed by atoms with van der Waals surface area (Å²) in [6.45, 7) is -1.62. The Balaban J connectivity index is 2.14. The number of hydrogen-bond donors (Lipinski definition) is 1. The summed E-state index contributed by atoms with van der Waals surface area (Å²) in [5.41, 5.74) is 2.94. The topological polar surface area (TPSA) is 58.6 Å². The Morgan fingerprint density at radius 1 is 1.41 bits per heavy atom. The van der Waals surface area contributed by atoms with Crippen molar-refractivity contribution in [2.24, 2.45) is 0 Å². The molecule has 2 amide bonds. The van der Waals surface area contributed by atoms with Gasteiger partial charge in [-0.05, 0) is 36.0 Å². The predicted molar refractivity (Wildman–Crippen MR) is 81.9 cm³/mol. The van der Waals surface area contributed by atoms with Crippen LogP contribution in [0, 0.1) is 0 Å². The summed E-state index contributed by atoms with van der Waals surface area (Å²) in [7, 11) is 0. The number of halogens is 2. The molecule has 1 saturated heterocycles. The van der Waals surface area contributed by atoms with E-state index in [-0.39, 0.29) is 10.1 Å². The fraction of sp³-hybridized carbons (Fsp3) is 0.154. The Bertz CT molecular complexity index is 647. The summed E-state index contributed by atoms with van der Waals surface area (Å²) in [5, 5.41) is 0.989. The molecule has 0 spiro atoms. The van der Waals surface area contributed by atoms with Gasteiger partial charge in [0.1, 0.15) is 5.75 Å². The number of hydrazine groups is 1. The smallest absolute Gasteiger partial charge is 0.387 e. The fourth-order valence-corrected chi connectivity index (χ4v) is 2.80. The van der Waals surface area contributed by atoms with Crippen LogP contribution in [-0.2, 0) is 9.59 Å². The molecule has 5 nitrogen and oxygen atoms in total. The second kappa shape index (κ2) is 6.84. The van der Waals surface area contributed by atoms with Crippen LogP contribution in [0.1, 0.15) is 12.5 Å². The summed E-state index contributed by atoms with van der Waals surface area (Å²) in [6.07, 6.45) is 1.55. The molecule has 1 aromatic rings. The molecule has 1 heterocycles. The monoisotopic (exact) mass is 344 g/mol. The summed E-state index contributed by atoms with van der Waals surface area (Å²) in [6, 6.07) is 5.80. The fourth-order valence-electron chi connectivity index (χ4n) is 1.62. The van der Waals surface area contributed by atoms with E-state index in [0.29, 0.717) is 10.5 Å². The van der Waals surface area contributed by atoms with Crippen LogP contribution < -0.4 is 10.2 Å². The minimum Gasteiger partial charge on any atom is -0.435 e. The van der Waals surface area contributed by atoms with E-state index in [1.54, 1.807) is 6.08 Å². The van der Waals surface area contributed by atoms with E-state index in [1.807, 2.05) is 0 Å². The molecular formula is C13H10F2N2O3S2. The number of nitrogens with zero attached hydrogens (tertiary/aromatic N) is 1. The van der Waals surface area contributed by atoms with Crippen LogP contribution in [0.25, 0.3) is 6.08 Å². The van der Waals surface area contributed by atoms with Gasteiger partial charge < -0.3 is 4.74 Å². The molecule has 1 aliphatic heterocycles. The van der Waals surface area contributed by atoms with Gasteiger partial charge in [-0.2, -0.15) is 13.8 Å². The second-order valence-corrected chi connectivity index (χ2v) is 5.81. The van der Waals surface area contributed by atoms with E-state index < -0.39 is 18.4 Å². The first-order chi connectivity index (χ1) is 10.4. The third-order valence-corrected chi connectivity index (χ3v) is 3.77. The quantitative estimate of drug-likeness (QED) is 0.672. The number of thiocarbonyl (C=S) groups is 1. The van der Waals surface area contributed by atoms with Crippen LogP contribution >= 0.6 is 24.0 Å². The lowest BCUT2D eigenvalue weighted by Crippen LogP contribution is -2.43. The minimum atomic E-state index is -2.89. The SMILES string of the molecule is CC(=O)NN1C(=O)/C(=C/c2ccc(OC(F)F)cc2)SC1=S. The number of alkyl halides is 2. The van der Waals surface area contributed by atoms with Crippen LogP contribution in [0.4, 0.5) is 8.78 Å². The summed E-state index contributed by atoms with van der Waals surface area (Å²) in [4.78, 5) is 23.4. The molecule has 9 heteroatoms. The highest BCUT2D eigenvalue weighted by Crippen LogP contribution is 2.31. The molecule has 0 atom stereocenters. The van der Waals surface area contributed by atoms with Crippen molar-refractivity contribution in [2.75, 3.05) is 0 Å². The number of benzene rings is 1. The van der Waals surface area contributed by atoms with Gasteiger partial charge in [0, 0.05) is 6.92 Å². The normalized spacial score (nSPS) is 16.5. The van der Waals surface area contributed by atoms with E-state index in [0.717, 1.165) is 16.8 Å². The van der Waals surface area contributed by atoms with Crippen molar-refractivity contribution in [1.82, 2.24) is 10.4 Å². The molecule has 1 N–H and O–H groups in total. The van der Waals surface area contributed by atoms with Crippen molar-refractivity contribution in [3.63, 3.8) is 0 Å². The number of carbonyl (C=O) groups excluding carboxylic acids is 2. The number of carbonyl (C=O) groups is 2. The highest BCUT2D eigenvalue weighted by atomic mass is 32.2. The Labute approximate surface area is 134 Å². The third kappa shape index (κ3) is 4.01. The molecule has 2 rings (SSSR count). The van der Waals surface area contributed by atoms with Crippen LogP contribution in [0.2, 0.25) is 0 Å². The number of rotatable bonds is 4. The van der Waals surface area contributed by atoms with Crippen molar-refractivity contribution < 1.29 is 23.1 Å². The van der Waals surface area contributed by atoms with Crippen LogP contribution in [0.3, 0.4) is 0 Å². The van der Waals surface area contributed by atoms with E-state index >= 15 is 0 Å². The highest BCUT2D eigenvalue weighted by Gasteiger charge is 2.32. The molecule has 1 fully saturated rings. The van der Waals surface area contributed by atoms with Gasteiger partial charge in [0.25, 0.3) is 5.91 Å². The molecule has 1 aromatic carbocycles. The van der Waals surface area contributed by atoms with Gasteiger partial charge in [0.2, 0.25) is 5.91 Å².